The highest BCUT2D eigenvalue weighted by Gasteiger charge is 2.32. The van der Waals surface area contributed by atoms with E-state index >= 15 is 0 Å². The van der Waals surface area contributed by atoms with Gasteiger partial charge in [-0.05, 0) is 64.0 Å². The van der Waals surface area contributed by atoms with E-state index in [0.717, 1.165) is 30.3 Å². The second-order valence-electron chi connectivity index (χ2n) is 6.06. The second-order valence-corrected chi connectivity index (χ2v) is 6.06. The first kappa shape index (κ1) is 12.4. The fourth-order valence-electron chi connectivity index (χ4n) is 3.31. The Balaban J connectivity index is 1.81. The van der Waals surface area contributed by atoms with Gasteiger partial charge in [-0.1, -0.05) is 12.8 Å². The first-order valence-electron chi connectivity index (χ1n) is 7.12. The molecule has 2 N–H and O–H groups in total. The van der Waals surface area contributed by atoms with Gasteiger partial charge >= 0.3 is 0 Å². The first-order valence-corrected chi connectivity index (χ1v) is 7.12. The van der Waals surface area contributed by atoms with Crippen molar-refractivity contribution in [3.63, 3.8) is 0 Å². The minimum absolute atomic E-state index is 0.792. The van der Waals surface area contributed by atoms with Crippen LogP contribution in [-0.4, -0.2) is 31.1 Å². The van der Waals surface area contributed by atoms with Crippen LogP contribution in [0.5, 0.6) is 0 Å². The summed E-state index contributed by atoms with van der Waals surface area (Å²) < 4.78 is 0. The molecule has 0 aromatic rings. The maximum absolute atomic E-state index is 5.90. The third-order valence-electron chi connectivity index (χ3n) is 4.89. The molecule has 0 aromatic heterocycles. The van der Waals surface area contributed by atoms with Crippen LogP contribution in [0.25, 0.3) is 0 Å². The maximum Gasteiger partial charge on any atom is 0.00922 e. The van der Waals surface area contributed by atoms with Gasteiger partial charge in [0.05, 0.1) is 0 Å². The Hall–Kier alpha value is -0.0800. The number of nitrogens with zero attached hydrogens (tertiary/aromatic N) is 1. The molecule has 3 atom stereocenters. The Labute approximate surface area is 101 Å². The standard InChI is InChI=1S/C14H28N2/c1-11(12-7-8-12)16(2)10-14-6-4-3-5-13(14)9-15/h11-14H,3-10,15H2,1-2H3. The molecule has 3 unspecified atom stereocenters. The van der Waals surface area contributed by atoms with Crippen LogP contribution in [0.15, 0.2) is 0 Å². The summed E-state index contributed by atoms with van der Waals surface area (Å²) in [7, 11) is 2.31. The Morgan fingerprint density at radius 1 is 1.12 bits per heavy atom. The molecule has 94 valence electrons. The average molecular weight is 224 g/mol. The van der Waals surface area contributed by atoms with Crippen LogP contribution in [0.1, 0.15) is 45.4 Å². The minimum atomic E-state index is 0.792. The Morgan fingerprint density at radius 2 is 1.75 bits per heavy atom. The van der Waals surface area contributed by atoms with Gasteiger partial charge in [-0.2, -0.15) is 0 Å². The Morgan fingerprint density at radius 3 is 2.31 bits per heavy atom. The smallest absolute Gasteiger partial charge is 0.00922 e. The highest BCUT2D eigenvalue weighted by molar-refractivity contribution is 4.86. The summed E-state index contributed by atoms with van der Waals surface area (Å²) in [5.74, 6) is 2.65. The molecule has 0 aliphatic heterocycles. The van der Waals surface area contributed by atoms with Crippen LogP contribution >= 0.6 is 0 Å². The summed E-state index contributed by atoms with van der Waals surface area (Å²) in [5.41, 5.74) is 5.90. The van der Waals surface area contributed by atoms with Crippen molar-refractivity contribution in [1.82, 2.24) is 4.90 Å². The summed E-state index contributed by atoms with van der Waals surface area (Å²) in [4.78, 5) is 2.59. The van der Waals surface area contributed by atoms with Crippen molar-refractivity contribution < 1.29 is 0 Å². The summed E-state index contributed by atoms with van der Waals surface area (Å²) in [6.07, 6.45) is 8.51. The molecule has 2 aliphatic carbocycles. The fourth-order valence-corrected chi connectivity index (χ4v) is 3.31. The van der Waals surface area contributed by atoms with Crippen molar-refractivity contribution in [2.45, 2.75) is 51.5 Å². The van der Waals surface area contributed by atoms with Crippen LogP contribution in [0.4, 0.5) is 0 Å². The molecule has 0 spiro atoms. The summed E-state index contributed by atoms with van der Waals surface area (Å²) >= 11 is 0. The van der Waals surface area contributed by atoms with Crippen molar-refractivity contribution in [2.75, 3.05) is 20.1 Å². The van der Waals surface area contributed by atoms with Crippen molar-refractivity contribution in [3.8, 4) is 0 Å². The lowest BCUT2D eigenvalue weighted by Gasteiger charge is -2.36. The molecule has 2 heteroatoms. The third-order valence-corrected chi connectivity index (χ3v) is 4.89. The van der Waals surface area contributed by atoms with Crippen LogP contribution in [0.2, 0.25) is 0 Å². The normalized spacial score (nSPS) is 33.0. The molecular formula is C14H28N2. The van der Waals surface area contributed by atoms with Gasteiger partial charge in [0, 0.05) is 12.6 Å². The molecule has 2 fully saturated rings. The van der Waals surface area contributed by atoms with Gasteiger partial charge in [-0.3, -0.25) is 0 Å². The van der Waals surface area contributed by atoms with Gasteiger partial charge in [0.2, 0.25) is 0 Å². The monoisotopic (exact) mass is 224 g/mol. The van der Waals surface area contributed by atoms with Crippen molar-refractivity contribution in [3.05, 3.63) is 0 Å². The second kappa shape index (κ2) is 5.50. The summed E-state index contributed by atoms with van der Waals surface area (Å²) in [6, 6.07) is 0.792. The molecule has 0 heterocycles. The zero-order valence-electron chi connectivity index (χ0n) is 11.0. The molecule has 0 saturated heterocycles. The fraction of sp³-hybridized carbons (Fsp3) is 1.00. The van der Waals surface area contributed by atoms with Gasteiger partial charge in [0.15, 0.2) is 0 Å². The van der Waals surface area contributed by atoms with Gasteiger partial charge in [-0.25, -0.2) is 0 Å². The van der Waals surface area contributed by atoms with Crippen LogP contribution in [0.3, 0.4) is 0 Å². The van der Waals surface area contributed by atoms with E-state index in [1.165, 1.54) is 45.1 Å². The largest absolute Gasteiger partial charge is 0.330 e. The predicted octanol–water partition coefficient (Wildman–Crippen LogP) is 2.48. The SMILES string of the molecule is CC(C1CC1)N(C)CC1CCCCC1CN. The van der Waals surface area contributed by atoms with Crippen molar-refractivity contribution >= 4 is 0 Å². The van der Waals surface area contributed by atoms with Crippen LogP contribution in [0, 0.1) is 17.8 Å². The van der Waals surface area contributed by atoms with E-state index in [2.05, 4.69) is 18.9 Å². The molecule has 0 aromatic carbocycles. The van der Waals surface area contributed by atoms with E-state index in [1.54, 1.807) is 0 Å². The van der Waals surface area contributed by atoms with Crippen molar-refractivity contribution in [1.29, 1.82) is 0 Å². The Kier molecular flexibility index (Phi) is 4.26. The zero-order valence-corrected chi connectivity index (χ0v) is 11.0. The molecule has 0 bridgehead atoms. The highest BCUT2D eigenvalue weighted by Crippen LogP contribution is 2.36. The molecule has 0 radical (unpaired) electrons. The number of rotatable bonds is 5. The van der Waals surface area contributed by atoms with E-state index in [-0.39, 0.29) is 0 Å². The van der Waals surface area contributed by atoms with Crippen LogP contribution in [-0.2, 0) is 0 Å². The van der Waals surface area contributed by atoms with E-state index in [0.29, 0.717) is 0 Å². The number of hydrogen-bond acceptors (Lipinski definition) is 2. The molecule has 2 aliphatic rings. The van der Waals surface area contributed by atoms with Gasteiger partial charge < -0.3 is 10.6 Å². The summed E-state index contributed by atoms with van der Waals surface area (Å²) in [6.45, 7) is 4.58. The van der Waals surface area contributed by atoms with Gasteiger partial charge in [0.25, 0.3) is 0 Å². The van der Waals surface area contributed by atoms with Gasteiger partial charge in [-0.15, -0.1) is 0 Å². The topological polar surface area (TPSA) is 29.3 Å². The lowest BCUT2D eigenvalue weighted by Crippen LogP contribution is -2.39. The Bertz CT molecular complexity index is 213. The molecule has 2 nitrogen and oxygen atoms in total. The molecular weight excluding hydrogens is 196 g/mol. The van der Waals surface area contributed by atoms with E-state index in [9.17, 15) is 0 Å². The average Bonchev–Trinajstić information content (AvgIpc) is 3.12. The van der Waals surface area contributed by atoms with E-state index < -0.39 is 0 Å². The number of nitrogens with two attached hydrogens (primary N) is 1. The quantitative estimate of drug-likeness (QED) is 0.777. The molecule has 16 heavy (non-hydrogen) atoms. The maximum atomic E-state index is 5.90. The predicted molar refractivity (Wildman–Crippen MR) is 69.3 cm³/mol. The van der Waals surface area contributed by atoms with Crippen LogP contribution < -0.4 is 5.73 Å². The molecule has 2 saturated carbocycles. The first-order chi connectivity index (χ1) is 7.72. The zero-order chi connectivity index (χ0) is 11.5. The van der Waals surface area contributed by atoms with E-state index in [1.807, 2.05) is 0 Å². The van der Waals surface area contributed by atoms with Gasteiger partial charge in [0.1, 0.15) is 0 Å². The minimum Gasteiger partial charge on any atom is -0.330 e. The molecule has 2 rings (SSSR count). The number of hydrogen-bond donors (Lipinski definition) is 1. The highest BCUT2D eigenvalue weighted by atomic mass is 15.1. The van der Waals surface area contributed by atoms with E-state index in [4.69, 9.17) is 5.73 Å². The van der Waals surface area contributed by atoms with Crippen molar-refractivity contribution in [2.24, 2.45) is 23.5 Å². The molecule has 0 amide bonds. The lowest BCUT2D eigenvalue weighted by molar-refractivity contribution is 0.139. The third kappa shape index (κ3) is 2.98. The lowest BCUT2D eigenvalue weighted by atomic mass is 9.79. The summed E-state index contributed by atoms with van der Waals surface area (Å²) in [5, 5.41) is 0.